The molecule has 1 aliphatic heterocycles. The van der Waals surface area contributed by atoms with Crippen molar-refractivity contribution in [1.82, 2.24) is 10.2 Å². The Hall–Kier alpha value is -2.66. The predicted octanol–water partition coefficient (Wildman–Crippen LogP) is 1.52. The van der Waals surface area contributed by atoms with Crippen LogP contribution in [0.25, 0.3) is 0 Å². The third-order valence-electron chi connectivity index (χ3n) is 4.37. The van der Waals surface area contributed by atoms with Crippen molar-refractivity contribution in [2.24, 2.45) is 0 Å². The quantitative estimate of drug-likeness (QED) is 0.903. The third kappa shape index (κ3) is 2.29. The summed E-state index contributed by atoms with van der Waals surface area (Å²) in [7, 11) is 3.14. The number of fused-ring (bicyclic) bond motifs is 1. The van der Waals surface area contributed by atoms with Gasteiger partial charge in [0.25, 0.3) is 11.8 Å². The molecule has 0 fully saturated rings. The second-order valence-corrected chi connectivity index (χ2v) is 5.64. The summed E-state index contributed by atoms with van der Waals surface area (Å²) in [6, 6.07) is 14.1. The molecule has 3 rings (SSSR count). The largest absolute Gasteiger partial charge is 0.366 e. The Bertz CT molecular complexity index is 787. The highest BCUT2D eigenvalue weighted by Gasteiger charge is 2.46. The summed E-state index contributed by atoms with van der Waals surface area (Å²) in [5.41, 5.74) is 0.783. The van der Waals surface area contributed by atoms with E-state index in [9.17, 15) is 14.7 Å². The monoisotopic (exact) mass is 310 g/mol. The van der Waals surface area contributed by atoms with Crippen molar-refractivity contribution in [2.45, 2.75) is 12.1 Å². The van der Waals surface area contributed by atoms with Crippen molar-refractivity contribution < 1.29 is 14.7 Å². The molecule has 23 heavy (non-hydrogen) atoms. The van der Waals surface area contributed by atoms with E-state index in [1.807, 2.05) is 6.07 Å². The zero-order valence-electron chi connectivity index (χ0n) is 13.0. The smallest absolute Gasteiger partial charge is 0.256 e. The van der Waals surface area contributed by atoms with E-state index in [1.165, 1.54) is 4.90 Å². The summed E-state index contributed by atoms with van der Waals surface area (Å²) < 4.78 is 0. The minimum atomic E-state index is -1.46. The lowest BCUT2D eigenvalue weighted by atomic mass is 9.92. The van der Waals surface area contributed by atoms with E-state index in [-0.39, 0.29) is 18.2 Å². The van der Waals surface area contributed by atoms with Crippen LogP contribution in [0.1, 0.15) is 31.8 Å². The second-order valence-electron chi connectivity index (χ2n) is 5.64. The fourth-order valence-electron chi connectivity index (χ4n) is 3.06. The molecule has 0 bridgehead atoms. The number of likely N-dealkylation sites (N-methyl/N-ethyl adjacent to an activating group) is 1. The van der Waals surface area contributed by atoms with Gasteiger partial charge in [-0.1, -0.05) is 36.4 Å². The molecule has 2 aromatic carbocycles. The lowest BCUT2D eigenvalue weighted by Gasteiger charge is -2.32. The molecule has 0 radical (unpaired) electrons. The van der Waals surface area contributed by atoms with Crippen LogP contribution in [0, 0.1) is 0 Å². The molecule has 2 aromatic rings. The van der Waals surface area contributed by atoms with Crippen molar-refractivity contribution >= 4 is 11.8 Å². The van der Waals surface area contributed by atoms with Gasteiger partial charge in [-0.15, -0.1) is 0 Å². The van der Waals surface area contributed by atoms with E-state index in [1.54, 1.807) is 56.6 Å². The van der Waals surface area contributed by atoms with Crippen molar-refractivity contribution in [3.05, 3.63) is 70.8 Å². The number of hydrogen-bond donors (Lipinski definition) is 2. The van der Waals surface area contributed by atoms with Gasteiger partial charge in [0.05, 0.1) is 0 Å². The molecule has 0 spiro atoms. The highest BCUT2D eigenvalue weighted by molar-refractivity contribution is 6.00. The van der Waals surface area contributed by atoms with Crippen molar-refractivity contribution in [1.29, 1.82) is 0 Å². The number of nitrogens with one attached hydrogen (secondary N) is 1. The minimum absolute atomic E-state index is 0.149. The SMILES string of the molecule is CNC(=O)c1ccccc1CC1(O)c2ccccc2C(=O)N1C. The molecular formula is C18H18N2O3. The number of carbonyl (C=O) groups is 2. The highest BCUT2D eigenvalue weighted by atomic mass is 16.3. The zero-order valence-corrected chi connectivity index (χ0v) is 13.0. The van der Waals surface area contributed by atoms with Crippen LogP contribution in [0.15, 0.2) is 48.5 Å². The fourth-order valence-corrected chi connectivity index (χ4v) is 3.06. The number of carbonyl (C=O) groups excluding carboxylic acids is 2. The lowest BCUT2D eigenvalue weighted by Crippen LogP contribution is -2.43. The molecule has 0 saturated heterocycles. The Morgan fingerprint density at radius 3 is 2.57 bits per heavy atom. The molecule has 2 N–H and O–H groups in total. The molecule has 5 nitrogen and oxygen atoms in total. The van der Waals surface area contributed by atoms with Gasteiger partial charge in [-0.2, -0.15) is 0 Å². The minimum Gasteiger partial charge on any atom is -0.366 e. The van der Waals surface area contributed by atoms with Gasteiger partial charge in [-0.25, -0.2) is 0 Å². The number of aliphatic hydroxyl groups is 1. The predicted molar refractivity (Wildman–Crippen MR) is 86.0 cm³/mol. The Kier molecular flexibility index (Phi) is 3.66. The Balaban J connectivity index is 2.07. The topological polar surface area (TPSA) is 69.6 Å². The van der Waals surface area contributed by atoms with E-state index >= 15 is 0 Å². The molecule has 1 heterocycles. The van der Waals surface area contributed by atoms with Crippen molar-refractivity contribution in [3.8, 4) is 0 Å². The number of nitrogens with zero attached hydrogens (tertiary/aromatic N) is 1. The number of hydrogen-bond acceptors (Lipinski definition) is 3. The fraction of sp³-hybridized carbons (Fsp3) is 0.222. The van der Waals surface area contributed by atoms with Crippen molar-refractivity contribution in [2.75, 3.05) is 14.1 Å². The first-order valence-electron chi connectivity index (χ1n) is 7.39. The van der Waals surface area contributed by atoms with E-state index < -0.39 is 5.72 Å². The first-order chi connectivity index (χ1) is 11.0. The average molecular weight is 310 g/mol. The molecule has 1 unspecified atom stereocenters. The van der Waals surface area contributed by atoms with Crippen LogP contribution < -0.4 is 5.32 Å². The van der Waals surface area contributed by atoms with Crippen LogP contribution >= 0.6 is 0 Å². The third-order valence-corrected chi connectivity index (χ3v) is 4.37. The van der Waals surface area contributed by atoms with Crippen LogP contribution in [-0.2, 0) is 12.1 Å². The maximum atomic E-state index is 12.4. The van der Waals surface area contributed by atoms with Gasteiger partial charge in [0, 0.05) is 37.2 Å². The van der Waals surface area contributed by atoms with Crippen LogP contribution in [0.4, 0.5) is 0 Å². The Labute approximate surface area is 134 Å². The van der Waals surface area contributed by atoms with Crippen LogP contribution in [0.2, 0.25) is 0 Å². The van der Waals surface area contributed by atoms with Gasteiger partial charge >= 0.3 is 0 Å². The first kappa shape index (κ1) is 15.2. The molecule has 0 aromatic heterocycles. The Morgan fingerprint density at radius 2 is 1.83 bits per heavy atom. The molecule has 1 atom stereocenters. The summed E-state index contributed by atoms with van der Waals surface area (Å²) in [5.74, 6) is -0.440. The van der Waals surface area contributed by atoms with E-state index in [0.29, 0.717) is 22.3 Å². The van der Waals surface area contributed by atoms with Crippen molar-refractivity contribution in [3.63, 3.8) is 0 Å². The molecule has 0 saturated carbocycles. The summed E-state index contributed by atoms with van der Waals surface area (Å²) in [4.78, 5) is 25.7. The molecule has 118 valence electrons. The summed E-state index contributed by atoms with van der Waals surface area (Å²) in [5, 5.41) is 13.8. The molecular weight excluding hydrogens is 292 g/mol. The normalized spacial score (nSPS) is 19.6. The van der Waals surface area contributed by atoms with E-state index in [4.69, 9.17) is 0 Å². The van der Waals surface area contributed by atoms with Crippen LogP contribution in [-0.4, -0.2) is 35.9 Å². The van der Waals surface area contributed by atoms with Crippen LogP contribution in [0.5, 0.6) is 0 Å². The summed E-state index contributed by atoms with van der Waals surface area (Å²) in [6.07, 6.45) is 0.149. The van der Waals surface area contributed by atoms with Gasteiger partial charge in [0.1, 0.15) is 0 Å². The summed E-state index contributed by atoms with van der Waals surface area (Å²) in [6.45, 7) is 0. The van der Waals surface area contributed by atoms with E-state index in [2.05, 4.69) is 5.32 Å². The molecule has 0 aliphatic carbocycles. The lowest BCUT2D eigenvalue weighted by molar-refractivity contribution is -0.0716. The molecule has 1 aliphatic rings. The molecule has 5 heteroatoms. The van der Waals surface area contributed by atoms with Crippen LogP contribution in [0.3, 0.4) is 0 Å². The first-order valence-corrected chi connectivity index (χ1v) is 7.39. The highest BCUT2D eigenvalue weighted by Crippen LogP contribution is 2.38. The Morgan fingerprint density at radius 1 is 1.17 bits per heavy atom. The van der Waals surface area contributed by atoms with Gasteiger partial charge in [0.15, 0.2) is 5.72 Å². The average Bonchev–Trinajstić information content (AvgIpc) is 2.77. The van der Waals surface area contributed by atoms with Gasteiger partial charge in [-0.3, -0.25) is 9.59 Å². The standard InChI is InChI=1S/C18H18N2O3/c1-19-16(21)13-8-4-3-7-12(13)11-18(23)15-10-6-5-9-14(15)17(22)20(18)2/h3-10,23H,11H2,1-2H3,(H,19,21). The second kappa shape index (κ2) is 5.52. The molecule has 2 amide bonds. The summed E-state index contributed by atoms with van der Waals surface area (Å²) >= 11 is 0. The number of rotatable bonds is 3. The maximum absolute atomic E-state index is 12.4. The zero-order chi connectivity index (χ0) is 16.6. The van der Waals surface area contributed by atoms with Gasteiger partial charge in [0.2, 0.25) is 0 Å². The van der Waals surface area contributed by atoms with E-state index in [0.717, 1.165) is 0 Å². The maximum Gasteiger partial charge on any atom is 0.256 e. The number of benzene rings is 2. The number of amides is 2. The van der Waals surface area contributed by atoms with Gasteiger partial charge in [-0.05, 0) is 17.7 Å². The van der Waals surface area contributed by atoms with Gasteiger partial charge < -0.3 is 15.3 Å².